The third kappa shape index (κ3) is 2.57. The molecular weight excluding hydrogens is 348 g/mol. The summed E-state index contributed by atoms with van der Waals surface area (Å²) in [5, 5.41) is 13.0. The average molecular weight is 370 g/mol. The lowest BCUT2D eigenvalue weighted by atomic mass is 9.85. The lowest BCUT2D eigenvalue weighted by Crippen LogP contribution is -2.27. The highest BCUT2D eigenvalue weighted by atomic mass is 16.3. The van der Waals surface area contributed by atoms with Gasteiger partial charge < -0.3 is 14.8 Å². The molecular formula is C24H22N2O2. The molecule has 0 saturated carbocycles. The van der Waals surface area contributed by atoms with Crippen molar-refractivity contribution in [2.24, 2.45) is 0 Å². The molecule has 0 amide bonds. The van der Waals surface area contributed by atoms with Crippen LogP contribution >= 0.6 is 0 Å². The molecule has 3 bridgehead atoms. The van der Waals surface area contributed by atoms with Crippen LogP contribution in [0.25, 0.3) is 33.7 Å². The molecule has 1 aliphatic rings. The predicted octanol–water partition coefficient (Wildman–Crippen LogP) is 4.76. The Kier molecular flexibility index (Phi) is 4.04. The maximum Gasteiger partial charge on any atom is 0.228 e. The zero-order chi connectivity index (χ0) is 19.3. The Labute approximate surface area is 163 Å². The first-order valence-corrected chi connectivity index (χ1v) is 9.62. The second-order valence-corrected chi connectivity index (χ2v) is 7.40. The summed E-state index contributed by atoms with van der Waals surface area (Å²) in [6.07, 6.45) is 0. The van der Waals surface area contributed by atoms with E-state index >= 15 is 0 Å². The molecule has 5 rings (SSSR count). The van der Waals surface area contributed by atoms with Gasteiger partial charge in [-0.2, -0.15) is 0 Å². The third-order valence-electron chi connectivity index (χ3n) is 5.54. The molecule has 0 spiro atoms. The van der Waals surface area contributed by atoms with Crippen LogP contribution in [-0.2, 0) is 0 Å². The molecule has 2 heterocycles. The molecule has 4 heteroatoms. The molecule has 1 aromatic heterocycles. The molecule has 0 fully saturated rings. The second kappa shape index (κ2) is 6.59. The van der Waals surface area contributed by atoms with Gasteiger partial charge in [-0.25, -0.2) is 4.98 Å². The van der Waals surface area contributed by atoms with Crippen molar-refractivity contribution in [3.63, 3.8) is 0 Å². The van der Waals surface area contributed by atoms with Crippen LogP contribution < -0.4 is 5.32 Å². The SMILES string of the molecule is Cc1ccc(-c2ccccc2)c2c1C(NCCO)c1cc(C)c3oc-2nc3c1. The smallest absolute Gasteiger partial charge is 0.228 e. The molecule has 3 aromatic carbocycles. The fourth-order valence-corrected chi connectivity index (χ4v) is 4.28. The molecule has 1 unspecified atom stereocenters. The van der Waals surface area contributed by atoms with Crippen molar-refractivity contribution in [2.45, 2.75) is 19.9 Å². The highest BCUT2D eigenvalue weighted by molar-refractivity contribution is 5.89. The standard InChI is InChI=1S/C24H22N2O2/c1-14-8-9-18(16-6-4-3-5-7-16)21-20(14)22(25-10-11-27)17-12-15(2)23-19(13-17)26-24(21)28-23/h3-9,12-13,22,25,27H,10-11H2,1-2H3. The van der Waals surface area contributed by atoms with E-state index in [0.717, 1.165) is 44.5 Å². The van der Waals surface area contributed by atoms with Crippen molar-refractivity contribution in [3.05, 3.63) is 76.9 Å². The number of rotatable bonds is 4. The summed E-state index contributed by atoms with van der Waals surface area (Å²) in [4.78, 5) is 4.84. The molecule has 1 atom stereocenters. The summed E-state index contributed by atoms with van der Waals surface area (Å²) in [6, 6.07) is 18.9. The highest BCUT2D eigenvalue weighted by Gasteiger charge is 2.29. The number of hydrogen-bond acceptors (Lipinski definition) is 4. The van der Waals surface area contributed by atoms with Crippen LogP contribution in [0.1, 0.15) is 28.3 Å². The summed E-state index contributed by atoms with van der Waals surface area (Å²) in [6.45, 7) is 4.79. The van der Waals surface area contributed by atoms with Crippen LogP contribution in [-0.4, -0.2) is 23.2 Å². The van der Waals surface area contributed by atoms with E-state index < -0.39 is 0 Å². The largest absolute Gasteiger partial charge is 0.436 e. The first-order valence-electron chi connectivity index (χ1n) is 9.62. The maximum absolute atomic E-state index is 9.45. The van der Waals surface area contributed by atoms with E-state index in [1.165, 1.54) is 5.56 Å². The number of aliphatic hydroxyl groups is 1. The van der Waals surface area contributed by atoms with E-state index in [2.05, 4.69) is 55.6 Å². The average Bonchev–Trinajstić information content (AvgIpc) is 3.16. The molecule has 4 nitrogen and oxygen atoms in total. The number of oxazole rings is 1. The number of aromatic nitrogens is 1. The Hall–Kier alpha value is -2.95. The van der Waals surface area contributed by atoms with Crippen molar-refractivity contribution in [1.82, 2.24) is 10.3 Å². The fraction of sp³-hybridized carbons (Fsp3) is 0.208. The van der Waals surface area contributed by atoms with Gasteiger partial charge in [0.2, 0.25) is 5.89 Å². The van der Waals surface area contributed by atoms with Crippen LogP contribution in [0.4, 0.5) is 0 Å². The van der Waals surface area contributed by atoms with Crippen LogP contribution in [0.15, 0.2) is 59.0 Å². The maximum atomic E-state index is 9.45. The monoisotopic (exact) mass is 370 g/mol. The van der Waals surface area contributed by atoms with Crippen molar-refractivity contribution >= 4 is 11.1 Å². The van der Waals surface area contributed by atoms with Gasteiger partial charge in [-0.1, -0.05) is 48.5 Å². The third-order valence-corrected chi connectivity index (χ3v) is 5.54. The van der Waals surface area contributed by atoms with Gasteiger partial charge in [-0.05, 0) is 53.3 Å². The molecule has 0 saturated heterocycles. The lowest BCUT2D eigenvalue weighted by Gasteiger charge is -2.25. The minimum absolute atomic E-state index is 0.0375. The number of aryl methyl sites for hydroxylation is 2. The topological polar surface area (TPSA) is 58.3 Å². The second-order valence-electron chi connectivity index (χ2n) is 7.40. The first kappa shape index (κ1) is 17.2. The molecule has 28 heavy (non-hydrogen) atoms. The summed E-state index contributed by atoms with van der Waals surface area (Å²) < 4.78 is 6.28. The fourth-order valence-electron chi connectivity index (χ4n) is 4.28. The minimum atomic E-state index is -0.0375. The van der Waals surface area contributed by atoms with Crippen LogP contribution in [0, 0.1) is 13.8 Å². The van der Waals surface area contributed by atoms with E-state index in [4.69, 9.17) is 9.40 Å². The molecule has 0 aliphatic carbocycles. The normalized spacial score (nSPS) is 15.0. The van der Waals surface area contributed by atoms with Gasteiger partial charge in [0.1, 0.15) is 5.52 Å². The molecule has 2 N–H and O–H groups in total. The highest BCUT2D eigenvalue weighted by Crippen LogP contribution is 2.44. The van der Waals surface area contributed by atoms with Gasteiger partial charge in [0.25, 0.3) is 0 Å². The predicted molar refractivity (Wildman–Crippen MR) is 111 cm³/mol. The lowest BCUT2D eigenvalue weighted by molar-refractivity contribution is 0.288. The number of fused-ring (bicyclic) bond motifs is 4. The van der Waals surface area contributed by atoms with Gasteiger partial charge in [-0.15, -0.1) is 0 Å². The molecule has 140 valence electrons. The van der Waals surface area contributed by atoms with Crippen molar-refractivity contribution in [2.75, 3.05) is 13.2 Å². The van der Waals surface area contributed by atoms with Gasteiger partial charge >= 0.3 is 0 Å². The summed E-state index contributed by atoms with van der Waals surface area (Å²) in [5.41, 5.74) is 9.55. The quantitative estimate of drug-likeness (QED) is 0.544. The van der Waals surface area contributed by atoms with Crippen molar-refractivity contribution in [3.8, 4) is 22.6 Å². The van der Waals surface area contributed by atoms with Gasteiger partial charge in [0.15, 0.2) is 5.58 Å². The number of nitrogens with zero attached hydrogens (tertiary/aromatic N) is 1. The van der Waals surface area contributed by atoms with E-state index in [1.807, 2.05) is 18.2 Å². The van der Waals surface area contributed by atoms with Gasteiger partial charge in [0.05, 0.1) is 18.2 Å². The zero-order valence-corrected chi connectivity index (χ0v) is 16.0. The van der Waals surface area contributed by atoms with Crippen molar-refractivity contribution < 1.29 is 9.52 Å². The van der Waals surface area contributed by atoms with Crippen LogP contribution in [0.2, 0.25) is 0 Å². The number of nitrogens with one attached hydrogen (secondary N) is 1. The van der Waals surface area contributed by atoms with Gasteiger partial charge in [-0.3, -0.25) is 0 Å². The van der Waals surface area contributed by atoms with E-state index in [-0.39, 0.29) is 12.6 Å². The van der Waals surface area contributed by atoms with Crippen LogP contribution in [0.3, 0.4) is 0 Å². The minimum Gasteiger partial charge on any atom is -0.436 e. The summed E-state index contributed by atoms with van der Waals surface area (Å²) in [7, 11) is 0. The van der Waals surface area contributed by atoms with E-state index in [1.54, 1.807) is 0 Å². The molecule has 1 aliphatic heterocycles. The number of aliphatic hydroxyl groups excluding tert-OH is 1. The number of benzene rings is 3. The summed E-state index contributed by atoms with van der Waals surface area (Å²) >= 11 is 0. The van der Waals surface area contributed by atoms with E-state index in [0.29, 0.717) is 12.4 Å². The van der Waals surface area contributed by atoms with Crippen LogP contribution in [0.5, 0.6) is 0 Å². The Morgan fingerprint density at radius 2 is 1.86 bits per heavy atom. The molecule has 4 aromatic rings. The number of hydrogen-bond donors (Lipinski definition) is 2. The Bertz CT molecular complexity index is 1180. The van der Waals surface area contributed by atoms with Crippen molar-refractivity contribution in [1.29, 1.82) is 0 Å². The van der Waals surface area contributed by atoms with E-state index in [9.17, 15) is 5.11 Å². The Morgan fingerprint density at radius 1 is 1.04 bits per heavy atom. The Morgan fingerprint density at radius 3 is 2.64 bits per heavy atom. The first-order chi connectivity index (χ1) is 13.7. The molecule has 0 radical (unpaired) electrons. The summed E-state index contributed by atoms with van der Waals surface area (Å²) in [5.74, 6) is 0.656. The zero-order valence-electron chi connectivity index (χ0n) is 16.0. The van der Waals surface area contributed by atoms with Gasteiger partial charge in [0, 0.05) is 6.54 Å². The Balaban J connectivity index is 1.88.